The molecule has 0 spiro atoms. The average molecular weight is 469 g/mol. The molecular weight excluding hydrogens is 448 g/mol. The summed E-state index contributed by atoms with van der Waals surface area (Å²) in [6.45, 7) is 1.91. The van der Waals surface area contributed by atoms with Crippen molar-refractivity contribution in [1.82, 2.24) is 0 Å². The van der Waals surface area contributed by atoms with Crippen molar-refractivity contribution in [1.29, 1.82) is 0 Å². The van der Waals surface area contributed by atoms with Gasteiger partial charge in [0.2, 0.25) is 0 Å². The number of benzene rings is 4. The summed E-state index contributed by atoms with van der Waals surface area (Å²) in [5, 5.41) is 0.569. The highest BCUT2D eigenvalue weighted by atomic mass is 35.5. The van der Waals surface area contributed by atoms with Crippen molar-refractivity contribution in [3.8, 4) is 0 Å². The van der Waals surface area contributed by atoms with E-state index in [-0.39, 0.29) is 4.90 Å². The molecule has 158 valence electrons. The van der Waals surface area contributed by atoms with Gasteiger partial charge in [0.15, 0.2) is 0 Å². The summed E-state index contributed by atoms with van der Waals surface area (Å²) in [5.74, 6) is 0. The van der Waals surface area contributed by atoms with Crippen LogP contribution in [0, 0.1) is 6.92 Å². The fraction of sp³-hybridized carbons (Fsp3) is 0.0400. The minimum absolute atomic E-state index is 0.121. The van der Waals surface area contributed by atoms with Gasteiger partial charge >= 0.3 is 10.1 Å². The van der Waals surface area contributed by atoms with Crippen LogP contribution in [0.25, 0.3) is 0 Å². The molecule has 0 aliphatic heterocycles. The van der Waals surface area contributed by atoms with Crippen molar-refractivity contribution in [2.24, 2.45) is 0 Å². The lowest BCUT2D eigenvalue weighted by Crippen LogP contribution is -2.14. The SMILES string of the molecule is Cc1ccc(S(=O)(=O)OS(c2ccccc2)(c2ccccc2)c2ccc(Cl)cc2)cc1. The highest BCUT2D eigenvalue weighted by molar-refractivity contribution is 8.33. The summed E-state index contributed by atoms with van der Waals surface area (Å²) in [4.78, 5) is 2.42. The molecular formula is C25H21ClO3S2. The van der Waals surface area contributed by atoms with Crippen LogP contribution in [0.15, 0.2) is 129 Å². The Labute approximate surface area is 189 Å². The van der Waals surface area contributed by atoms with Crippen molar-refractivity contribution < 1.29 is 12.0 Å². The Morgan fingerprint density at radius 2 is 1.00 bits per heavy atom. The van der Waals surface area contributed by atoms with E-state index in [0.717, 1.165) is 20.2 Å². The first-order valence-electron chi connectivity index (χ1n) is 9.64. The second kappa shape index (κ2) is 8.89. The molecule has 0 aliphatic rings. The van der Waals surface area contributed by atoms with Gasteiger partial charge in [-0.25, -0.2) is 3.63 Å². The van der Waals surface area contributed by atoms with Crippen LogP contribution in [0.2, 0.25) is 5.02 Å². The van der Waals surface area contributed by atoms with E-state index in [1.165, 1.54) is 0 Å². The van der Waals surface area contributed by atoms with Gasteiger partial charge in [0.05, 0.1) is 4.90 Å². The number of hydrogen-bond acceptors (Lipinski definition) is 3. The molecule has 3 nitrogen and oxygen atoms in total. The van der Waals surface area contributed by atoms with Gasteiger partial charge in [-0.15, -0.1) is 0 Å². The molecule has 0 saturated heterocycles. The third kappa shape index (κ3) is 4.41. The summed E-state index contributed by atoms with van der Waals surface area (Å²) in [6.07, 6.45) is 0. The van der Waals surface area contributed by atoms with Crippen LogP contribution in [0.4, 0.5) is 0 Å². The van der Waals surface area contributed by atoms with Gasteiger partial charge in [-0.05, 0) is 77.9 Å². The minimum Gasteiger partial charge on any atom is -0.203 e. The van der Waals surface area contributed by atoms with Crippen molar-refractivity contribution in [2.75, 3.05) is 0 Å². The molecule has 0 aromatic heterocycles. The summed E-state index contributed by atoms with van der Waals surface area (Å²) in [5.41, 5.74) is 0.974. The van der Waals surface area contributed by atoms with Gasteiger partial charge in [-0.2, -0.15) is 8.42 Å². The van der Waals surface area contributed by atoms with Crippen molar-refractivity contribution in [3.05, 3.63) is 120 Å². The Morgan fingerprint density at radius 1 is 0.581 bits per heavy atom. The first kappa shape index (κ1) is 21.7. The summed E-state index contributed by atoms with van der Waals surface area (Å²) in [7, 11) is -6.70. The van der Waals surface area contributed by atoms with E-state index in [9.17, 15) is 8.42 Å². The highest BCUT2D eigenvalue weighted by Gasteiger charge is 2.38. The molecule has 0 radical (unpaired) electrons. The van der Waals surface area contributed by atoms with Gasteiger partial charge in [0.1, 0.15) is 0 Å². The molecule has 0 aliphatic carbocycles. The summed E-state index contributed by atoms with van der Waals surface area (Å²) >= 11 is 6.15. The second-order valence-corrected chi connectivity index (χ2v) is 11.9. The van der Waals surface area contributed by atoms with Crippen LogP contribution in [0.1, 0.15) is 5.56 Å². The molecule has 0 amide bonds. The normalized spacial score (nSPS) is 12.5. The zero-order valence-corrected chi connectivity index (χ0v) is 19.2. The second-order valence-electron chi connectivity index (χ2n) is 6.97. The molecule has 4 rings (SSSR count). The third-order valence-corrected chi connectivity index (χ3v) is 10.2. The maximum atomic E-state index is 13.5. The van der Waals surface area contributed by atoms with Crippen LogP contribution in [0.5, 0.6) is 0 Å². The maximum Gasteiger partial charge on any atom is 0.307 e. The van der Waals surface area contributed by atoms with E-state index in [1.54, 1.807) is 36.4 Å². The van der Waals surface area contributed by atoms with Crippen molar-refractivity contribution >= 4 is 32.0 Å². The van der Waals surface area contributed by atoms with Crippen LogP contribution in [0.3, 0.4) is 0 Å². The van der Waals surface area contributed by atoms with Crippen LogP contribution in [-0.4, -0.2) is 8.42 Å². The topological polar surface area (TPSA) is 43.4 Å². The summed E-state index contributed by atoms with van der Waals surface area (Å²) in [6, 6.07) is 32.8. The van der Waals surface area contributed by atoms with E-state index < -0.39 is 20.4 Å². The lowest BCUT2D eigenvalue weighted by molar-refractivity contribution is 0.508. The monoisotopic (exact) mass is 468 g/mol. The summed E-state index contributed by atoms with van der Waals surface area (Å²) < 4.78 is 33.3. The quantitative estimate of drug-likeness (QED) is 0.299. The first-order valence-corrected chi connectivity index (χ1v) is 13.0. The van der Waals surface area contributed by atoms with E-state index in [4.69, 9.17) is 15.2 Å². The lowest BCUT2D eigenvalue weighted by atomic mass is 10.2. The average Bonchev–Trinajstić information content (AvgIpc) is 2.79. The van der Waals surface area contributed by atoms with Crippen LogP contribution >= 0.6 is 21.9 Å². The molecule has 0 saturated carbocycles. The fourth-order valence-electron chi connectivity index (χ4n) is 3.26. The maximum absolute atomic E-state index is 13.5. The fourth-order valence-corrected chi connectivity index (χ4v) is 8.60. The van der Waals surface area contributed by atoms with Gasteiger partial charge in [0.25, 0.3) is 0 Å². The van der Waals surface area contributed by atoms with Gasteiger partial charge in [-0.1, -0.05) is 65.7 Å². The van der Waals surface area contributed by atoms with Crippen molar-refractivity contribution in [3.63, 3.8) is 0 Å². The Balaban J connectivity index is 2.00. The van der Waals surface area contributed by atoms with Gasteiger partial charge in [0, 0.05) is 19.7 Å². The zero-order chi connectivity index (χ0) is 21.9. The number of rotatable bonds is 6. The molecule has 4 aromatic carbocycles. The zero-order valence-electron chi connectivity index (χ0n) is 16.8. The predicted molar refractivity (Wildman–Crippen MR) is 126 cm³/mol. The Kier molecular flexibility index (Phi) is 6.21. The number of aryl methyl sites for hydroxylation is 1. The molecule has 0 N–H and O–H groups in total. The molecule has 0 heterocycles. The Morgan fingerprint density at radius 3 is 1.48 bits per heavy atom. The smallest absolute Gasteiger partial charge is 0.203 e. The molecule has 6 heteroatoms. The van der Waals surface area contributed by atoms with Gasteiger partial charge < -0.3 is 0 Å². The highest BCUT2D eigenvalue weighted by Crippen LogP contribution is 2.70. The predicted octanol–water partition coefficient (Wildman–Crippen LogP) is 7.25. The Hall–Kier alpha value is -2.57. The molecule has 31 heavy (non-hydrogen) atoms. The van der Waals surface area contributed by atoms with Crippen LogP contribution < -0.4 is 0 Å². The molecule has 0 unspecified atom stereocenters. The number of hydrogen-bond donors (Lipinski definition) is 0. The molecule has 0 fully saturated rings. The van der Waals surface area contributed by atoms with Crippen molar-refractivity contribution in [2.45, 2.75) is 26.5 Å². The molecule has 4 aromatic rings. The van der Waals surface area contributed by atoms with E-state index in [2.05, 4.69) is 0 Å². The van der Waals surface area contributed by atoms with Gasteiger partial charge in [-0.3, -0.25) is 0 Å². The van der Waals surface area contributed by atoms with E-state index in [0.29, 0.717) is 5.02 Å². The standard InChI is InChI=1S/C25H21ClO3S2/c1-20-12-16-25(17-13-20)31(27,28)29-30(22-8-4-2-5-9-22,23-10-6-3-7-11-23)24-18-14-21(26)15-19-24/h2-19H,1H3. The van der Waals surface area contributed by atoms with Crippen LogP contribution in [-0.2, 0) is 13.7 Å². The molecule has 0 atom stereocenters. The van der Waals surface area contributed by atoms with E-state index >= 15 is 0 Å². The Bertz CT molecular complexity index is 1220. The van der Waals surface area contributed by atoms with E-state index in [1.807, 2.05) is 79.7 Å². The lowest BCUT2D eigenvalue weighted by Gasteiger charge is -2.39. The molecule has 0 bridgehead atoms. The third-order valence-electron chi connectivity index (χ3n) is 4.80. The minimum atomic E-state index is -4.09. The number of halogens is 1. The largest absolute Gasteiger partial charge is 0.307 e. The first-order chi connectivity index (χ1) is 14.9.